The molecule has 182 valence electrons. The van der Waals surface area contributed by atoms with E-state index in [0.29, 0.717) is 29.8 Å². The molecule has 1 N–H and O–H groups in total. The molecular weight excluding hydrogens is 446 g/mol. The lowest BCUT2D eigenvalue weighted by molar-refractivity contribution is -0.124. The lowest BCUT2D eigenvalue weighted by Crippen LogP contribution is -2.34. The molecule has 1 amide bonds. The molecule has 0 saturated heterocycles. The SMILES string of the molecule is CCOC(=O)c1ccc(NC(=O)C(CC)OC(=O)c2c3c(nc4ccccc24)CCN(C)C3)cc1. The largest absolute Gasteiger partial charge is 0.462 e. The molecule has 1 aliphatic heterocycles. The fraction of sp³-hybridized carbons (Fsp3) is 0.333. The number of rotatable bonds is 7. The highest BCUT2D eigenvalue weighted by atomic mass is 16.5. The van der Waals surface area contributed by atoms with Crippen molar-refractivity contribution in [2.45, 2.75) is 39.3 Å². The highest BCUT2D eigenvalue weighted by Gasteiger charge is 2.29. The van der Waals surface area contributed by atoms with Crippen LogP contribution in [0.5, 0.6) is 0 Å². The smallest absolute Gasteiger partial charge is 0.340 e. The summed E-state index contributed by atoms with van der Waals surface area (Å²) in [6.45, 7) is 5.26. The van der Waals surface area contributed by atoms with Crippen molar-refractivity contribution in [2.24, 2.45) is 0 Å². The molecular formula is C27H29N3O5. The highest BCUT2D eigenvalue weighted by molar-refractivity contribution is 6.06. The van der Waals surface area contributed by atoms with Gasteiger partial charge in [0.1, 0.15) is 0 Å². The van der Waals surface area contributed by atoms with E-state index >= 15 is 0 Å². The molecule has 0 bridgehead atoms. The molecule has 2 heterocycles. The Labute approximate surface area is 204 Å². The number of hydrogen-bond acceptors (Lipinski definition) is 7. The van der Waals surface area contributed by atoms with Crippen molar-refractivity contribution in [3.8, 4) is 0 Å². The standard InChI is InChI=1S/C27H29N3O5/c1-4-23(25(31)28-18-12-10-17(11-13-18)26(32)34-5-2)35-27(33)24-19-8-6-7-9-21(19)29-22-14-15-30(3)16-20(22)24/h6-13,23H,4-5,14-16H2,1-3H3,(H,28,31). The summed E-state index contributed by atoms with van der Waals surface area (Å²) in [4.78, 5) is 45.1. The molecule has 1 aromatic heterocycles. The summed E-state index contributed by atoms with van der Waals surface area (Å²) in [5.74, 6) is -1.40. The first kappa shape index (κ1) is 24.3. The minimum Gasteiger partial charge on any atom is -0.462 e. The maximum Gasteiger partial charge on any atom is 0.340 e. The van der Waals surface area contributed by atoms with Gasteiger partial charge in [0.05, 0.1) is 23.3 Å². The zero-order valence-corrected chi connectivity index (χ0v) is 20.2. The Morgan fingerprint density at radius 1 is 1.06 bits per heavy atom. The molecule has 3 aromatic rings. The van der Waals surface area contributed by atoms with Crippen LogP contribution in [-0.2, 0) is 27.2 Å². The molecule has 0 saturated carbocycles. The summed E-state index contributed by atoms with van der Waals surface area (Å²) in [6, 6.07) is 13.9. The van der Waals surface area contributed by atoms with Gasteiger partial charge in [0.25, 0.3) is 5.91 Å². The van der Waals surface area contributed by atoms with Gasteiger partial charge in [0, 0.05) is 41.8 Å². The van der Waals surface area contributed by atoms with Crippen molar-refractivity contribution in [3.63, 3.8) is 0 Å². The zero-order chi connectivity index (χ0) is 24.9. The summed E-state index contributed by atoms with van der Waals surface area (Å²) >= 11 is 0. The molecule has 4 rings (SSSR count). The molecule has 2 aromatic carbocycles. The maximum atomic E-state index is 13.4. The summed E-state index contributed by atoms with van der Waals surface area (Å²) in [5.41, 5.74) is 3.85. The van der Waals surface area contributed by atoms with Gasteiger partial charge in [0.2, 0.25) is 0 Å². The van der Waals surface area contributed by atoms with Gasteiger partial charge in [-0.05, 0) is 50.7 Å². The second-order valence-electron chi connectivity index (χ2n) is 8.51. The number of anilines is 1. The average Bonchev–Trinajstić information content (AvgIpc) is 2.86. The first-order chi connectivity index (χ1) is 16.9. The number of nitrogens with zero attached hydrogens (tertiary/aromatic N) is 2. The van der Waals surface area contributed by atoms with Crippen molar-refractivity contribution < 1.29 is 23.9 Å². The number of aromatic nitrogens is 1. The Balaban J connectivity index is 1.54. The van der Waals surface area contributed by atoms with Crippen molar-refractivity contribution in [3.05, 3.63) is 70.9 Å². The molecule has 0 spiro atoms. The second-order valence-corrected chi connectivity index (χ2v) is 8.51. The topological polar surface area (TPSA) is 97.8 Å². The van der Waals surface area contributed by atoms with Crippen LogP contribution in [0, 0.1) is 0 Å². The average molecular weight is 476 g/mol. The summed E-state index contributed by atoms with van der Waals surface area (Å²) < 4.78 is 10.7. The fourth-order valence-corrected chi connectivity index (χ4v) is 4.20. The Bertz CT molecular complexity index is 1260. The molecule has 35 heavy (non-hydrogen) atoms. The van der Waals surface area contributed by atoms with Crippen molar-refractivity contribution in [1.82, 2.24) is 9.88 Å². The third kappa shape index (κ3) is 5.33. The number of carbonyl (C=O) groups is 3. The number of para-hydroxylation sites is 1. The van der Waals surface area contributed by atoms with Crippen LogP contribution in [0.15, 0.2) is 48.5 Å². The van der Waals surface area contributed by atoms with Gasteiger partial charge in [0.15, 0.2) is 6.10 Å². The summed E-state index contributed by atoms with van der Waals surface area (Å²) in [6.07, 6.45) is 0.0798. The predicted octanol–water partition coefficient (Wildman–Crippen LogP) is 3.97. The maximum absolute atomic E-state index is 13.4. The lowest BCUT2D eigenvalue weighted by Gasteiger charge is -2.27. The number of esters is 2. The molecule has 1 unspecified atom stereocenters. The third-order valence-corrected chi connectivity index (χ3v) is 6.02. The van der Waals surface area contributed by atoms with Gasteiger partial charge >= 0.3 is 11.9 Å². The number of amides is 1. The molecule has 1 atom stereocenters. The molecule has 0 aliphatic carbocycles. The van der Waals surface area contributed by atoms with Crippen LogP contribution in [0.25, 0.3) is 10.9 Å². The van der Waals surface area contributed by atoms with E-state index in [4.69, 9.17) is 14.5 Å². The van der Waals surface area contributed by atoms with E-state index in [0.717, 1.165) is 35.1 Å². The van der Waals surface area contributed by atoms with Crippen LogP contribution < -0.4 is 5.32 Å². The minimum atomic E-state index is -0.976. The van der Waals surface area contributed by atoms with Gasteiger partial charge in [-0.3, -0.25) is 9.78 Å². The third-order valence-electron chi connectivity index (χ3n) is 6.02. The Morgan fingerprint density at radius 2 is 1.80 bits per heavy atom. The molecule has 8 nitrogen and oxygen atoms in total. The first-order valence-corrected chi connectivity index (χ1v) is 11.8. The van der Waals surface area contributed by atoms with Crippen LogP contribution in [0.1, 0.15) is 52.2 Å². The zero-order valence-electron chi connectivity index (χ0n) is 20.2. The first-order valence-electron chi connectivity index (χ1n) is 11.8. The van der Waals surface area contributed by atoms with Gasteiger partial charge in [-0.15, -0.1) is 0 Å². The van der Waals surface area contributed by atoms with E-state index in [1.807, 2.05) is 31.3 Å². The molecule has 8 heteroatoms. The van der Waals surface area contributed by atoms with Gasteiger partial charge < -0.3 is 19.7 Å². The van der Waals surface area contributed by atoms with Crippen LogP contribution >= 0.6 is 0 Å². The predicted molar refractivity (Wildman–Crippen MR) is 132 cm³/mol. The minimum absolute atomic E-state index is 0.285. The second kappa shape index (κ2) is 10.7. The Hall–Kier alpha value is -3.78. The van der Waals surface area contributed by atoms with Gasteiger partial charge in [-0.1, -0.05) is 25.1 Å². The van der Waals surface area contributed by atoms with Gasteiger partial charge in [-0.25, -0.2) is 9.59 Å². The van der Waals surface area contributed by atoms with Gasteiger partial charge in [-0.2, -0.15) is 0 Å². The van der Waals surface area contributed by atoms with Crippen LogP contribution in [0.4, 0.5) is 5.69 Å². The number of benzene rings is 2. The van der Waals surface area contributed by atoms with Crippen LogP contribution in [-0.4, -0.2) is 54.0 Å². The summed E-state index contributed by atoms with van der Waals surface area (Å²) in [7, 11) is 2.00. The normalized spacial score (nSPS) is 14.1. The van der Waals surface area contributed by atoms with Crippen molar-refractivity contribution in [1.29, 1.82) is 0 Å². The van der Waals surface area contributed by atoms with E-state index in [1.54, 1.807) is 38.1 Å². The summed E-state index contributed by atoms with van der Waals surface area (Å²) in [5, 5.41) is 3.48. The quantitative estimate of drug-likeness (QED) is 0.516. The van der Waals surface area contributed by atoms with E-state index in [1.165, 1.54) is 0 Å². The van der Waals surface area contributed by atoms with E-state index in [2.05, 4.69) is 10.2 Å². The lowest BCUT2D eigenvalue weighted by atomic mass is 9.96. The number of carbonyl (C=O) groups excluding carboxylic acids is 3. The number of ether oxygens (including phenoxy) is 2. The highest BCUT2D eigenvalue weighted by Crippen LogP contribution is 2.29. The van der Waals surface area contributed by atoms with Crippen molar-refractivity contribution >= 4 is 34.4 Å². The van der Waals surface area contributed by atoms with Crippen molar-refractivity contribution in [2.75, 3.05) is 25.5 Å². The Morgan fingerprint density at radius 3 is 2.51 bits per heavy atom. The van der Waals surface area contributed by atoms with E-state index in [-0.39, 0.29) is 6.61 Å². The fourth-order valence-electron chi connectivity index (χ4n) is 4.20. The number of fused-ring (bicyclic) bond motifs is 2. The number of likely N-dealkylation sites (N-methyl/N-ethyl adjacent to an activating group) is 1. The molecule has 1 aliphatic rings. The Kier molecular flexibility index (Phi) is 7.41. The number of pyridine rings is 1. The van der Waals surface area contributed by atoms with Crippen LogP contribution in [0.3, 0.4) is 0 Å². The van der Waals surface area contributed by atoms with E-state index in [9.17, 15) is 14.4 Å². The van der Waals surface area contributed by atoms with E-state index < -0.39 is 23.9 Å². The van der Waals surface area contributed by atoms with Crippen LogP contribution in [0.2, 0.25) is 0 Å². The number of nitrogens with one attached hydrogen (secondary N) is 1. The molecule has 0 radical (unpaired) electrons. The number of hydrogen-bond donors (Lipinski definition) is 1. The molecule has 0 fully saturated rings. The monoisotopic (exact) mass is 475 g/mol.